The van der Waals surface area contributed by atoms with Gasteiger partial charge in [-0.2, -0.15) is 0 Å². The van der Waals surface area contributed by atoms with E-state index in [4.69, 9.17) is 4.74 Å². The van der Waals surface area contributed by atoms with E-state index in [1.807, 2.05) is 0 Å². The summed E-state index contributed by atoms with van der Waals surface area (Å²) in [6.07, 6.45) is -4.21. The minimum atomic E-state index is -3.73. The maximum Gasteiger partial charge on any atom is 0.586 e. The maximum absolute atomic E-state index is 13.1. The van der Waals surface area contributed by atoms with E-state index in [0.29, 0.717) is 5.56 Å². The molecular formula is C17H18F2N2O6. The molecule has 1 aromatic carbocycles. The van der Waals surface area contributed by atoms with Crippen LogP contribution in [0.1, 0.15) is 38.8 Å². The number of hydrogen-bond acceptors (Lipinski definition) is 6. The Morgan fingerprint density at radius 1 is 1.26 bits per heavy atom. The molecule has 0 spiro atoms. The molecule has 3 amide bonds. The van der Waals surface area contributed by atoms with Gasteiger partial charge in [-0.05, 0) is 38.5 Å². The first-order valence-corrected chi connectivity index (χ1v) is 8.30. The summed E-state index contributed by atoms with van der Waals surface area (Å²) in [5, 5.41) is 2.55. The SMILES string of the molecule is CC(C)OC(=O)C1CC(=O)N1C(=O)NC(C)c1ccc2c(c1)OC(F)(F)O2. The van der Waals surface area contributed by atoms with Crippen molar-refractivity contribution in [2.45, 2.75) is 51.7 Å². The van der Waals surface area contributed by atoms with Crippen LogP contribution in [-0.4, -0.2) is 41.2 Å². The van der Waals surface area contributed by atoms with Crippen LogP contribution >= 0.6 is 0 Å². The molecule has 2 aliphatic heterocycles. The molecular weight excluding hydrogens is 366 g/mol. The zero-order chi connectivity index (χ0) is 19.9. The summed E-state index contributed by atoms with van der Waals surface area (Å²) in [5.74, 6) is -1.43. The summed E-state index contributed by atoms with van der Waals surface area (Å²) in [7, 11) is 0. The van der Waals surface area contributed by atoms with Crippen LogP contribution in [0.5, 0.6) is 11.5 Å². The normalized spacial score (nSPS) is 20.9. The summed E-state index contributed by atoms with van der Waals surface area (Å²) < 4.78 is 39.9. The number of urea groups is 1. The molecule has 10 heteroatoms. The molecule has 0 aliphatic carbocycles. The molecule has 0 saturated carbocycles. The quantitative estimate of drug-likeness (QED) is 0.633. The van der Waals surface area contributed by atoms with Gasteiger partial charge in [0, 0.05) is 0 Å². The van der Waals surface area contributed by atoms with Gasteiger partial charge in [0.15, 0.2) is 11.5 Å². The minimum Gasteiger partial charge on any atom is -0.461 e. The smallest absolute Gasteiger partial charge is 0.461 e. The molecule has 1 saturated heterocycles. The number of carbonyl (C=O) groups excluding carboxylic acids is 3. The predicted molar refractivity (Wildman–Crippen MR) is 86.1 cm³/mol. The third-order valence-electron chi connectivity index (χ3n) is 4.06. The third kappa shape index (κ3) is 3.79. The maximum atomic E-state index is 13.1. The topological polar surface area (TPSA) is 94.2 Å². The first kappa shape index (κ1) is 18.9. The van der Waals surface area contributed by atoms with Gasteiger partial charge in [0.05, 0.1) is 18.6 Å². The van der Waals surface area contributed by atoms with Crippen molar-refractivity contribution in [2.75, 3.05) is 0 Å². The van der Waals surface area contributed by atoms with Crippen molar-refractivity contribution in [3.63, 3.8) is 0 Å². The van der Waals surface area contributed by atoms with Crippen molar-refractivity contribution < 1.29 is 37.4 Å². The lowest BCUT2D eigenvalue weighted by atomic mass is 10.0. The van der Waals surface area contributed by atoms with Crippen LogP contribution < -0.4 is 14.8 Å². The number of nitrogens with one attached hydrogen (secondary N) is 1. The Hall–Kier alpha value is -2.91. The molecule has 0 radical (unpaired) electrons. The van der Waals surface area contributed by atoms with Crippen molar-refractivity contribution in [1.82, 2.24) is 10.2 Å². The zero-order valence-corrected chi connectivity index (χ0v) is 14.8. The summed E-state index contributed by atoms with van der Waals surface area (Å²) in [6, 6.07) is 1.71. The predicted octanol–water partition coefficient (Wildman–Crippen LogP) is 2.33. The van der Waals surface area contributed by atoms with Crippen LogP contribution in [0.3, 0.4) is 0 Å². The van der Waals surface area contributed by atoms with Crippen LogP contribution in [0.25, 0.3) is 0 Å². The number of benzene rings is 1. The Bertz CT molecular complexity index is 798. The van der Waals surface area contributed by atoms with Gasteiger partial charge in [-0.25, -0.2) is 14.5 Å². The second-order valence-electron chi connectivity index (χ2n) is 6.51. The average molecular weight is 384 g/mol. The van der Waals surface area contributed by atoms with E-state index < -0.39 is 36.3 Å². The number of β-lactam (4-membered cyclic amide) rings is 1. The molecule has 2 unspecified atom stereocenters. The van der Waals surface area contributed by atoms with Crippen LogP contribution in [0.4, 0.5) is 13.6 Å². The number of fused-ring (bicyclic) bond motifs is 1. The van der Waals surface area contributed by atoms with E-state index >= 15 is 0 Å². The van der Waals surface area contributed by atoms with Crippen LogP contribution in [0, 0.1) is 0 Å². The number of rotatable bonds is 4. The number of ether oxygens (including phenoxy) is 3. The number of esters is 1. The van der Waals surface area contributed by atoms with Crippen molar-refractivity contribution in [3.05, 3.63) is 23.8 Å². The summed E-state index contributed by atoms with van der Waals surface area (Å²) in [4.78, 5) is 36.9. The molecule has 8 nitrogen and oxygen atoms in total. The second kappa shape index (κ2) is 6.67. The number of hydrogen-bond donors (Lipinski definition) is 1. The Labute approximate surface area is 153 Å². The summed E-state index contributed by atoms with van der Waals surface area (Å²) in [5.41, 5.74) is 0.456. The highest BCUT2D eigenvalue weighted by atomic mass is 19.3. The van der Waals surface area contributed by atoms with Crippen LogP contribution in [-0.2, 0) is 14.3 Å². The van der Waals surface area contributed by atoms with Crippen molar-refractivity contribution >= 4 is 17.9 Å². The van der Waals surface area contributed by atoms with Crippen molar-refractivity contribution in [1.29, 1.82) is 0 Å². The van der Waals surface area contributed by atoms with E-state index in [-0.39, 0.29) is 24.0 Å². The number of carbonyl (C=O) groups is 3. The summed E-state index contributed by atoms with van der Waals surface area (Å²) >= 11 is 0. The molecule has 146 valence electrons. The molecule has 27 heavy (non-hydrogen) atoms. The summed E-state index contributed by atoms with van der Waals surface area (Å²) in [6.45, 7) is 4.92. The van der Waals surface area contributed by atoms with Crippen molar-refractivity contribution in [3.8, 4) is 11.5 Å². The van der Waals surface area contributed by atoms with Gasteiger partial charge in [0.2, 0.25) is 5.91 Å². The van der Waals surface area contributed by atoms with Crippen LogP contribution in [0.15, 0.2) is 18.2 Å². The molecule has 0 aromatic heterocycles. The highest BCUT2D eigenvalue weighted by Crippen LogP contribution is 2.42. The van der Waals surface area contributed by atoms with Gasteiger partial charge in [0.1, 0.15) is 6.04 Å². The third-order valence-corrected chi connectivity index (χ3v) is 4.06. The van der Waals surface area contributed by atoms with Gasteiger partial charge in [0.25, 0.3) is 0 Å². The number of nitrogens with zero attached hydrogens (tertiary/aromatic N) is 1. The Kier molecular flexibility index (Phi) is 4.66. The van der Waals surface area contributed by atoms with E-state index in [2.05, 4.69) is 14.8 Å². The lowest BCUT2D eigenvalue weighted by Crippen LogP contribution is -2.62. The van der Waals surface area contributed by atoms with Gasteiger partial charge in [-0.3, -0.25) is 4.79 Å². The molecule has 3 rings (SSSR count). The van der Waals surface area contributed by atoms with Crippen LogP contribution in [0.2, 0.25) is 0 Å². The number of amides is 3. The molecule has 2 heterocycles. The number of likely N-dealkylation sites (tertiary alicyclic amines) is 1. The fourth-order valence-corrected chi connectivity index (χ4v) is 2.74. The monoisotopic (exact) mass is 384 g/mol. The molecule has 2 atom stereocenters. The Morgan fingerprint density at radius 3 is 2.56 bits per heavy atom. The first-order valence-electron chi connectivity index (χ1n) is 8.30. The van der Waals surface area contributed by atoms with Crippen molar-refractivity contribution in [2.24, 2.45) is 0 Å². The van der Waals surface area contributed by atoms with E-state index in [1.165, 1.54) is 18.2 Å². The molecule has 2 aliphatic rings. The minimum absolute atomic E-state index is 0.105. The Balaban J connectivity index is 1.66. The highest BCUT2D eigenvalue weighted by Gasteiger charge is 2.47. The standard InChI is InChI=1S/C17H18F2N2O6/c1-8(2)25-15(23)11-7-14(22)21(11)16(24)20-9(3)10-4-5-12-13(6-10)27-17(18,19)26-12/h4-6,8-9,11H,7H2,1-3H3,(H,20,24). The molecule has 0 bridgehead atoms. The highest BCUT2D eigenvalue weighted by molar-refractivity contribution is 6.06. The van der Waals surface area contributed by atoms with E-state index in [0.717, 1.165) is 4.90 Å². The first-order chi connectivity index (χ1) is 12.6. The fourth-order valence-electron chi connectivity index (χ4n) is 2.74. The second-order valence-corrected chi connectivity index (χ2v) is 6.51. The molecule has 1 aromatic rings. The Morgan fingerprint density at radius 2 is 1.93 bits per heavy atom. The fraction of sp³-hybridized carbons (Fsp3) is 0.471. The van der Waals surface area contributed by atoms with E-state index in [9.17, 15) is 23.2 Å². The van der Waals surface area contributed by atoms with Gasteiger partial charge < -0.3 is 19.5 Å². The average Bonchev–Trinajstić information content (AvgIpc) is 2.83. The molecule has 1 fully saturated rings. The largest absolute Gasteiger partial charge is 0.586 e. The zero-order valence-electron chi connectivity index (χ0n) is 14.8. The number of imide groups is 1. The van der Waals surface area contributed by atoms with Gasteiger partial charge in [-0.1, -0.05) is 6.07 Å². The lowest BCUT2D eigenvalue weighted by molar-refractivity contribution is -0.286. The number of alkyl halides is 2. The number of halogens is 2. The van der Waals surface area contributed by atoms with Gasteiger partial charge in [-0.15, -0.1) is 8.78 Å². The van der Waals surface area contributed by atoms with E-state index in [1.54, 1.807) is 20.8 Å². The lowest BCUT2D eigenvalue weighted by Gasteiger charge is -2.37. The van der Waals surface area contributed by atoms with Gasteiger partial charge >= 0.3 is 18.3 Å². The molecule has 1 N–H and O–H groups in total.